The molecule has 5 heteroatoms. The van der Waals surface area contributed by atoms with Crippen LogP contribution in [0.3, 0.4) is 0 Å². The molecule has 0 amide bonds. The van der Waals surface area contributed by atoms with Crippen molar-refractivity contribution in [2.75, 3.05) is 0 Å². The summed E-state index contributed by atoms with van der Waals surface area (Å²) >= 11 is 0. The Morgan fingerprint density at radius 2 is 2.22 bits per heavy atom. The lowest BCUT2D eigenvalue weighted by atomic mass is 10.0. The Balaban J connectivity index is 2.71. The molecule has 5 nitrogen and oxygen atoms in total. The zero-order valence-corrected chi connectivity index (χ0v) is 10.2. The molecule has 0 saturated heterocycles. The van der Waals surface area contributed by atoms with Crippen molar-refractivity contribution in [2.24, 2.45) is 10.9 Å². The molecule has 0 radical (unpaired) electrons. The van der Waals surface area contributed by atoms with Gasteiger partial charge in [-0.3, -0.25) is 4.79 Å². The Bertz CT molecular complexity index is 641. The lowest BCUT2D eigenvalue weighted by molar-refractivity contribution is -0.136. The Morgan fingerprint density at radius 3 is 2.83 bits per heavy atom. The summed E-state index contributed by atoms with van der Waals surface area (Å²) in [5.74, 6) is 4.77. The van der Waals surface area contributed by atoms with Gasteiger partial charge in [-0.25, -0.2) is 0 Å². The molecule has 0 aliphatic heterocycles. The molecule has 2 rings (SSSR count). The zero-order chi connectivity index (χ0) is 13.3. The van der Waals surface area contributed by atoms with E-state index in [0.29, 0.717) is 22.6 Å². The maximum absolute atomic E-state index is 10.9. The summed E-state index contributed by atoms with van der Waals surface area (Å²) < 4.78 is 5.66. The van der Waals surface area contributed by atoms with E-state index in [-0.39, 0.29) is 6.42 Å². The van der Waals surface area contributed by atoms with Gasteiger partial charge in [0, 0.05) is 10.9 Å². The van der Waals surface area contributed by atoms with Crippen LogP contribution < -0.4 is 5.84 Å². The van der Waals surface area contributed by atoms with Crippen LogP contribution in [-0.2, 0) is 11.2 Å². The summed E-state index contributed by atoms with van der Waals surface area (Å²) in [6, 6.07) is 5.65. The number of carboxylic acids is 1. The third-order valence-electron chi connectivity index (χ3n) is 2.80. The second-order valence-corrected chi connectivity index (χ2v) is 4.19. The lowest BCUT2D eigenvalue weighted by Gasteiger charge is -1.98. The number of hydrogen-bond acceptors (Lipinski definition) is 4. The van der Waals surface area contributed by atoms with E-state index in [1.54, 1.807) is 6.92 Å². The van der Waals surface area contributed by atoms with Gasteiger partial charge in [-0.05, 0) is 25.5 Å². The SMILES string of the molecule is C/C(=N\N)c1oc2cc(C)ccc2c1CC(=O)O. The fourth-order valence-corrected chi connectivity index (χ4v) is 1.93. The molecule has 0 fully saturated rings. The van der Waals surface area contributed by atoms with E-state index in [4.69, 9.17) is 15.4 Å². The van der Waals surface area contributed by atoms with Gasteiger partial charge in [0.25, 0.3) is 0 Å². The number of hydrazone groups is 1. The van der Waals surface area contributed by atoms with E-state index in [0.717, 1.165) is 10.9 Å². The van der Waals surface area contributed by atoms with Crippen molar-refractivity contribution in [3.8, 4) is 0 Å². The molecule has 3 N–H and O–H groups in total. The fourth-order valence-electron chi connectivity index (χ4n) is 1.93. The second-order valence-electron chi connectivity index (χ2n) is 4.19. The molecule has 94 valence electrons. The van der Waals surface area contributed by atoms with E-state index < -0.39 is 5.97 Å². The topological polar surface area (TPSA) is 88.8 Å². The van der Waals surface area contributed by atoms with E-state index in [9.17, 15) is 4.79 Å². The van der Waals surface area contributed by atoms with Crippen LogP contribution in [0.4, 0.5) is 0 Å². The number of rotatable bonds is 3. The fraction of sp³-hybridized carbons (Fsp3) is 0.231. The van der Waals surface area contributed by atoms with Gasteiger partial charge >= 0.3 is 5.97 Å². The summed E-state index contributed by atoms with van der Waals surface area (Å²) in [6.45, 7) is 3.64. The molecular formula is C13H14N2O3. The van der Waals surface area contributed by atoms with Gasteiger partial charge in [0.1, 0.15) is 5.58 Å². The molecule has 18 heavy (non-hydrogen) atoms. The van der Waals surface area contributed by atoms with Gasteiger partial charge in [0.05, 0.1) is 12.1 Å². The molecule has 1 heterocycles. The monoisotopic (exact) mass is 246 g/mol. The Kier molecular flexibility index (Phi) is 3.06. The minimum absolute atomic E-state index is 0.113. The third kappa shape index (κ3) is 2.07. The molecule has 0 atom stereocenters. The average molecular weight is 246 g/mol. The van der Waals surface area contributed by atoms with Crippen LogP contribution in [0.1, 0.15) is 23.8 Å². The molecule has 2 aromatic rings. The number of benzene rings is 1. The van der Waals surface area contributed by atoms with Gasteiger partial charge < -0.3 is 15.4 Å². The van der Waals surface area contributed by atoms with Gasteiger partial charge in [0.2, 0.25) is 0 Å². The number of aliphatic carboxylic acids is 1. The number of nitrogens with two attached hydrogens (primary N) is 1. The third-order valence-corrected chi connectivity index (χ3v) is 2.80. The Hall–Kier alpha value is -2.30. The van der Waals surface area contributed by atoms with E-state index >= 15 is 0 Å². The maximum atomic E-state index is 10.9. The van der Waals surface area contributed by atoms with Crippen LogP contribution in [0, 0.1) is 6.92 Å². The smallest absolute Gasteiger partial charge is 0.307 e. The average Bonchev–Trinajstić information content (AvgIpc) is 2.65. The molecule has 0 aliphatic carbocycles. The first-order valence-corrected chi connectivity index (χ1v) is 5.51. The standard InChI is InChI=1S/C13H14N2O3/c1-7-3-4-9-10(6-12(16)17)13(8(2)15-14)18-11(9)5-7/h3-5H,6,14H2,1-2H3,(H,16,17)/b15-8+. The van der Waals surface area contributed by atoms with Crippen molar-refractivity contribution in [3.63, 3.8) is 0 Å². The molecule has 1 aromatic carbocycles. The van der Waals surface area contributed by atoms with Gasteiger partial charge in [-0.2, -0.15) is 5.10 Å². The van der Waals surface area contributed by atoms with Crippen molar-refractivity contribution in [2.45, 2.75) is 20.3 Å². The van der Waals surface area contributed by atoms with Crippen molar-refractivity contribution < 1.29 is 14.3 Å². The van der Waals surface area contributed by atoms with Crippen molar-refractivity contribution in [1.82, 2.24) is 0 Å². The lowest BCUT2D eigenvalue weighted by Crippen LogP contribution is -2.06. The largest absolute Gasteiger partial charge is 0.481 e. The highest BCUT2D eigenvalue weighted by Gasteiger charge is 2.18. The van der Waals surface area contributed by atoms with Crippen LogP contribution in [0.2, 0.25) is 0 Å². The quantitative estimate of drug-likeness (QED) is 0.492. The normalized spacial score (nSPS) is 12.0. The van der Waals surface area contributed by atoms with E-state index in [2.05, 4.69) is 5.10 Å². The van der Waals surface area contributed by atoms with Gasteiger partial charge in [-0.1, -0.05) is 12.1 Å². The Morgan fingerprint density at radius 1 is 1.50 bits per heavy atom. The molecule has 0 unspecified atom stereocenters. The predicted octanol–water partition coefficient (Wildman–Crippen LogP) is 2.05. The first-order chi connectivity index (χ1) is 8.52. The first-order valence-electron chi connectivity index (χ1n) is 5.51. The van der Waals surface area contributed by atoms with Crippen molar-refractivity contribution in [1.29, 1.82) is 0 Å². The first kappa shape index (κ1) is 12.2. The summed E-state index contributed by atoms with van der Waals surface area (Å²) in [5.41, 5.74) is 2.81. The number of aryl methyl sites for hydroxylation is 1. The number of fused-ring (bicyclic) bond motifs is 1. The molecule has 0 spiro atoms. The number of nitrogens with zero attached hydrogens (tertiary/aromatic N) is 1. The molecule has 1 aromatic heterocycles. The van der Waals surface area contributed by atoms with Crippen LogP contribution in [0.5, 0.6) is 0 Å². The molecule has 0 bridgehead atoms. The van der Waals surface area contributed by atoms with Crippen LogP contribution in [-0.4, -0.2) is 16.8 Å². The highest BCUT2D eigenvalue weighted by molar-refractivity contribution is 6.03. The highest BCUT2D eigenvalue weighted by atomic mass is 16.4. The van der Waals surface area contributed by atoms with Crippen molar-refractivity contribution in [3.05, 3.63) is 35.1 Å². The molecule has 0 aliphatic rings. The summed E-state index contributed by atoms with van der Waals surface area (Å²) in [6.07, 6.45) is -0.113. The number of hydrogen-bond donors (Lipinski definition) is 2. The second kappa shape index (κ2) is 4.52. The number of carboxylic acid groups (broad SMARTS) is 1. The maximum Gasteiger partial charge on any atom is 0.307 e. The van der Waals surface area contributed by atoms with Crippen LogP contribution >= 0.6 is 0 Å². The van der Waals surface area contributed by atoms with E-state index in [1.165, 1.54) is 0 Å². The number of furan rings is 1. The van der Waals surface area contributed by atoms with Gasteiger partial charge in [0.15, 0.2) is 5.76 Å². The summed E-state index contributed by atoms with van der Waals surface area (Å²) in [7, 11) is 0. The minimum atomic E-state index is -0.913. The van der Waals surface area contributed by atoms with E-state index in [1.807, 2.05) is 25.1 Å². The van der Waals surface area contributed by atoms with Crippen LogP contribution in [0.15, 0.2) is 27.7 Å². The van der Waals surface area contributed by atoms with Crippen LogP contribution in [0.25, 0.3) is 11.0 Å². The Labute approximate surface area is 104 Å². The zero-order valence-electron chi connectivity index (χ0n) is 10.2. The summed E-state index contributed by atoms with van der Waals surface area (Å²) in [4.78, 5) is 10.9. The van der Waals surface area contributed by atoms with Crippen molar-refractivity contribution >= 4 is 22.7 Å². The highest BCUT2D eigenvalue weighted by Crippen LogP contribution is 2.28. The molecule has 0 saturated carbocycles. The summed E-state index contributed by atoms with van der Waals surface area (Å²) in [5, 5.41) is 13.3. The molecular weight excluding hydrogens is 232 g/mol. The van der Waals surface area contributed by atoms with Gasteiger partial charge in [-0.15, -0.1) is 0 Å². The number of carbonyl (C=O) groups is 1. The predicted molar refractivity (Wildman–Crippen MR) is 68.7 cm³/mol. The minimum Gasteiger partial charge on any atom is -0.481 e.